The van der Waals surface area contributed by atoms with Crippen LogP contribution in [-0.2, 0) is 11.3 Å². The fraction of sp³-hybridized carbons (Fsp3) is 0.500. The van der Waals surface area contributed by atoms with Crippen LogP contribution in [0.3, 0.4) is 0 Å². The molecule has 0 aromatic heterocycles. The van der Waals surface area contributed by atoms with Crippen molar-refractivity contribution in [3.05, 3.63) is 34.6 Å². The van der Waals surface area contributed by atoms with E-state index in [4.69, 9.17) is 17.3 Å². The first kappa shape index (κ1) is 14.3. The van der Waals surface area contributed by atoms with Crippen molar-refractivity contribution in [1.82, 2.24) is 4.90 Å². The number of benzene rings is 1. The van der Waals surface area contributed by atoms with Crippen LogP contribution in [0.1, 0.15) is 25.3 Å². The third-order valence-electron chi connectivity index (χ3n) is 3.69. The maximum absolute atomic E-state index is 13.7. The first-order valence-electron chi connectivity index (χ1n) is 6.31. The van der Waals surface area contributed by atoms with Crippen LogP contribution in [0.2, 0.25) is 5.02 Å². The van der Waals surface area contributed by atoms with Gasteiger partial charge in [-0.05, 0) is 37.8 Å². The lowest BCUT2D eigenvalue weighted by Crippen LogP contribution is -2.53. The molecule has 1 fully saturated rings. The van der Waals surface area contributed by atoms with Gasteiger partial charge in [-0.25, -0.2) is 4.39 Å². The molecule has 0 spiro atoms. The van der Waals surface area contributed by atoms with Crippen molar-refractivity contribution in [2.24, 2.45) is 11.7 Å². The van der Waals surface area contributed by atoms with Gasteiger partial charge >= 0.3 is 0 Å². The summed E-state index contributed by atoms with van der Waals surface area (Å²) in [6, 6.07) is 4.49. The Hall–Kier alpha value is -1.13. The SMILES string of the molecule is CN(Cc1c(F)cccc1Cl)C(=O)C(C)(N)C1CC1. The molecule has 0 saturated heterocycles. The molecular weight excluding hydrogens is 267 g/mol. The topological polar surface area (TPSA) is 46.3 Å². The van der Waals surface area contributed by atoms with Crippen LogP contribution in [0.4, 0.5) is 4.39 Å². The maximum Gasteiger partial charge on any atom is 0.242 e. The summed E-state index contributed by atoms with van der Waals surface area (Å²) in [5.74, 6) is -0.342. The van der Waals surface area contributed by atoms with Crippen molar-refractivity contribution >= 4 is 17.5 Å². The molecule has 1 aromatic carbocycles. The van der Waals surface area contributed by atoms with E-state index in [0.29, 0.717) is 10.6 Å². The molecule has 104 valence electrons. The highest BCUT2D eigenvalue weighted by Gasteiger charge is 2.45. The number of nitrogens with two attached hydrogens (primary N) is 1. The van der Waals surface area contributed by atoms with Crippen LogP contribution in [-0.4, -0.2) is 23.4 Å². The first-order valence-corrected chi connectivity index (χ1v) is 6.69. The number of nitrogens with zero attached hydrogens (tertiary/aromatic N) is 1. The van der Waals surface area contributed by atoms with E-state index >= 15 is 0 Å². The average Bonchev–Trinajstić information content (AvgIpc) is 3.17. The van der Waals surface area contributed by atoms with Gasteiger partial charge in [0, 0.05) is 24.2 Å². The molecule has 0 radical (unpaired) electrons. The summed E-state index contributed by atoms with van der Waals surface area (Å²) < 4.78 is 13.7. The Bertz CT molecular complexity index is 480. The second kappa shape index (κ2) is 5.10. The molecule has 3 nitrogen and oxygen atoms in total. The quantitative estimate of drug-likeness (QED) is 0.924. The average molecular weight is 285 g/mol. The number of hydrogen-bond acceptors (Lipinski definition) is 2. The molecule has 5 heteroatoms. The van der Waals surface area contributed by atoms with E-state index in [1.807, 2.05) is 0 Å². The van der Waals surface area contributed by atoms with Gasteiger partial charge in [0.25, 0.3) is 0 Å². The van der Waals surface area contributed by atoms with E-state index in [-0.39, 0.29) is 18.4 Å². The Morgan fingerprint density at radius 3 is 2.74 bits per heavy atom. The second-order valence-electron chi connectivity index (χ2n) is 5.42. The minimum Gasteiger partial charge on any atom is -0.340 e. The van der Waals surface area contributed by atoms with Gasteiger partial charge in [-0.3, -0.25) is 4.79 Å². The summed E-state index contributed by atoms with van der Waals surface area (Å²) in [5.41, 5.74) is 5.54. The summed E-state index contributed by atoms with van der Waals surface area (Å²) in [6.07, 6.45) is 1.96. The van der Waals surface area contributed by atoms with Gasteiger partial charge in [0.1, 0.15) is 5.82 Å². The standard InChI is InChI=1S/C14H18ClFN2O/c1-14(17,9-6-7-9)13(19)18(2)8-10-11(15)4-3-5-12(10)16/h3-5,9H,6-8,17H2,1-2H3. The van der Waals surface area contributed by atoms with E-state index in [9.17, 15) is 9.18 Å². The van der Waals surface area contributed by atoms with Crippen molar-refractivity contribution in [3.63, 3.8) is 0 Å². The van der Waals surface area contributed by atoms with Crippen molar-refractivity contribution in [2.45, 2.75) is 31.8 Å². The smallest absolute Gasteiger partial charge is 0.242 e. The van der Waals surface area contributed by atoms with Crippen LogP contribution in [0.25, 0.3) is 0 Å². The number of halogens is 2. The fourth-order valence-electron chi connectivity index (χ4n) is 2.26. The number of rotatable bonds is 4. The lowest BCUT2D eigenvalue weighted by molar-refractivity contribution is -0.136. The number of carbonyl (C=O) groups is 1. The number of likely N-dealkylation sites (N-methyl/N-ethyl adjacent to an activating group) is 1. The van der Waals surface area contributed by atoms with Crippen LogP contribution >= 0.6 is 11.6 Å². The third-order valence-corrected chi connectivity index (χ3v) is 4.04. The number of hydrogen-bond donors (Lipinski definition) is 1. The van der Waals surface area contributed by atoms with Gasteiger partial charge in [0.15, 0.2) is 0 Å². The first-order chi connectivity index (χ1) is 8.84. The predicted octanol–water partition coefficient (Wildman–Crippen LogP) is 2.56. The highest BCUT2D eigenvalue weighted by Crippen LogP contribution is 2.39. The lowest BCUT2D eigenvalue weighted by Gasteiger charge is -2.29. The van der Waals surface area contributed by atoms with Gasteiger partial charge in [-0.15, -0.1) is 0 Å². The third kappa shape index (κ3) is 2.90. The molecule has 1 aromatic rings. The molecule has 2 rings (SSSR count). The monoisotopic (exact) mass is 284 g/mol. The summed E-state index contributed by atoms with van der Waals surface area (Å²) >= 11 is 5.96. The summed E-state index contributed by atoms with van der Waals surface area (Å²) in [4.78, 5) is 13.8. The molecule has 1 aliphatic rings. The normalized spacial score (nSPS) is 17.9. The van der Waals surface area contributed by atoms with Crippen LogP contribution < -0.4 is 5.73 Å². The van der Waals surface area contributed by atoms with Crippen molar-refractivity contribution in [3.8, 4) is 0 Å². The molecule has 2 N–H and O–H groups in total. The van der Waals surface area contributed by atoms with Gasteiger partial charge in [-0.1, -0.05) is 17.7 Å². The van der Waals surface area contributed by atoms with Crippen molar-refractivity contribution in [2.75, 3.05) is 7.05 Å². The fourth-order valence-corrected chi connectivity index (χ4v) is 2.48. The van der Waals surface area contributed by atoms with E-state index in [1.165, 1.54) is 11.0 Å². The van der Waals surface area contributed by atoms with Gasteiger partial charge < -0.3 is 10.6 Å². The molecule has 19 heavy (non-hydrogen) atoms. The van der Waals surface area contributed by atoms with Crippen molar-refractivity contribution in [1.29, 1.82) is 0 Å². The van der Waals surface area contributed by atoms with Crippen LogP contribution in [0.15, 0.2) is 18.2 Å². The highest BCUT2D eigenvalue weighted by molar-refractivity contribution is 6.31. The summed E-state index contributed by atoms with van der Waals surface area (Å²) in [5, 5.41) is 0.324. The molecule has 0 heterocycles. The zero-order valence-corrected chi connectivity index (χ0v) is 11.9. The molecule has 0 bridgehead atoms. The van der Waals surface area contributed by atoms with Gasteiger partial charge in [-0.2, -0.15) is 0 Å². The predicted molar refractivity (Wildman–Crippen MR) is 73.2 cm³/mol. The Balaban J connectivity index is 2.12. The summed E-state index contributed by atoms with van der Waals surface area (Å²) in [6.45, 7) is 1.87. The Morgan fingerprint density at radius 2 is 2.21 bits per heavy atom. The van der Waals surface area contributed by atoms with Crippen LogP contribution in [0, 0.1) is 11.7 Å². The van der Waals surface area contributed by atoms with E-state index in [1.54, 1.807) is 26.1 Å². The Morgan fingerprint density at radius 1 is 1.58 bits per heavy atom. The molecule has 1 atom stereocenters. The lowest BCUT2D eigenvalue weighted by atomic mass is 9.95. The Labute approximate surface area is 117 Å². The molecule has 1 amide bonds. The zero-order valence-electron chi connectivity index (χ0n) is 11.1. The van der Waals surface area contributed by atoms with E-state index < -0.39 is 11.4 Å². The van der Waals surface area contributed by atoms with E-state index in [0.717, 1.165) is 12.8 Å². The summed E-state index contributed by atoms with van der Waals surface area (Å²) in [7, 11) is 1.62. The molecule has 1 unspecified atom stereocenters. The molecule has 1 saturated carbocycles. The Kier molecular flexibility index (Phi) is 3.83. The molecule has 1 aliphatic carbocycles. The van der Waals surface area contributed by atoms with Crippen LogP contribution in [0.5, 0.6) is 0 Å². The maximum atomic E-state index is 13.7. The van der Waals surface area contributed by atoms with Crippen molar-refractivity contribution < 1.29 is 9.18 Å². The molecule has 0 aliphatic heterocycles. The zero-order chi connectivity index (χ0) is 14.2. The number of carbonyl (C=O) groups excluding carboxylic acids is 1. The largest absolute Gasteiger partial charge is 0.340 e. The second-order valence-corrected chi connectivity index (χ2v) is 5.83. The molecular formula is C14H18ClFN2O. The van der Waals surface area contributed by atoms with E-state index in [2.05, 4.69) is 0 Å². The highest BCUT2D eigenvalue weighted by atomic mass is 35.5. The minimum absolute atomic E-state index is 0.129. The van der Waals surface area contributed by atoms with Gasteiger partial charge in [0.05, 0.1) is 5.54 Å². The number of amides is 1. The van der Waals surface area contributed by atoms with Gasteiger partial charge in [0.2, 0.25) is 5.91 Å². The minimum atomic E-state index is -0.869.